The van der Waals surface area contributed by atoms with Crippen LogP contribution in [0.3, 0.4) is 0 Å². The first-order valence-electron chi connectivity index (χ1n) is 8.63. The van der Waals surface area contributed by atoms with Crippen molar-refractivity contribution in [2.75, 3.05) is 0 Å². The Morgan fingerprint density at radius 1 is 1.10 bits per heavy atom. The van der Waals surface area contributed by atoms with Gasteiger partial charge in [0, 0.05) is 23.5 Å². The Kier molecular flexibility index (Phi) is 10.7. The number of unbranched alkanes of at least 4 members (excludes halogenated alkanes) is 8. The maximum absolute atomic E-state index is 5.66. The van der Waals surface area contributed by atoms with Crippen LogP contribution >= 0.6 is 11.3 Å². The summed E-state index contributed by atoms with van der Waals surface area (Å²) in [7, 11) is 0. The molecule has 1 atom stereocenters. The first-order chi connectivity index (χ1) is 10.3. The second-order valence-electron chi connectivity index (χ2n) is 6.07. The number of hydrogen-bond donors (Lipinski definition) is 2. The number of nitrogens with one attached hydrogen (secondary N) is 1. The lowest BCUT2D eigenvalue weighted by molar-refractivity contribution is 0.457. The van der Waals surface area contributed by atoms with Gasteiger partial charge in [0.25, 0.3) is 0 Å². The number of hydrogen-bond acceptors (Lipinski definition) is 4. The standard InChI is InChI=1S/C17H33N3S/c1-3-4-5-6-7-8-9-10-11-12-16(20-18)13-17-19-15(2)14-21-17/h14,16,20H,3-13,18H2,1-2H3. The van der Waals surface area contributed by atoms with Crippen LogP contribution in [0.15, 0.2) is 5.38 Å². The molecule has 0 amide bonds. The molecule has 3 N–H and O–H groups in total. The SMILES string of the molecule is CCCCCCCCCCCC(Cc1nc(C)cs1)NN. The molecule has 0 spiro atoms. The second kappa shape index (κ2) is 12.1. The largest absolute Gasteiger partial charge is 0.271 e. The summed E-state index contributed by atoms with van der Waals surface area (Å²) in [5.41, 5.74) is 4.07. The number of rotatable bonds is 13. The Balaban J connectivity index is 1.99. The molecule has 1 unspecified atom stereocenters. The van der Waals surface area contributed by atoms with Gasteiger partial charge in [-0.25, -0.2) is 4.98 Å². The molecule has 0 aliphatic heterocycles. The van der Waals surface area contributed by atoms with Crippen LogP contribution in [0.4, 0.5) is 0 Å². The molecule has 122 valence electrons. The zero-order chi connectivity index (χ0) is 15.3. The third-order valence-corrected chi connectivity index (χ3v) is 4.97. The van der Waals surface area contributed by atoms with Gasteiger partial charge in [0.1, 0.15) is 0 Å². The van der Waals surface area contributed by atoms with E-state index in [1.165, 1.54) is 62.8 Å². The van der Waals surface area contributed by atoms with Gasteiger partial charge in [-0.3, -0.25) is 11.3 Å². The minimum Gasteiger partial charge on any atom is -0.271 e. The first kappa shape index (κ1) is 18.6. The van der Waals surface area contributed by atoms with Crippen LogP contribution in [0.5, 0.6) is 0 Å². The Labute approximate surface area is 134 Å². The minimum atomic E-state index is 0.375. The number of nitrogens with zero attached hydrogens (tertiary/aromatic N) is 1. The highest BCUT2D eigenvalue weighted by molar-refractivity contribution is 7.09. The third kappa shape index (κ3) is 9.22. The predicted molar refractivity (Wildman–Crippen MR) is 93.5 cm³/mol. The average Bonchev–Trinajstić information content (AvgIpc) is 2.89. The molecular weight excluding hydrogens is 278 g/mol. The van der Waals surface area contributed by atoms with E-state index in [0.29, 0.717) is 6.04 Å². The van der Waals surface area contributed by atoms with Gasteiger partial charge in [-0.15, -0.1) is 11.3 Å². The number of hydrazine groups is 1. The van der Waals surface area contributed by atoms with Gasteiger partial charge in [0.2, 0.25) is 0 Å². The third-order valence-electron chi connectivity index (χ3n) is 3.98. The normalized spacial score (nSPS) is 12.7. The number of aromatic nitrogens is 1. The first-order valence-corrected chi connectivity index (χ1v) is 9.51. The predicted octanol–water partition coefficient (Wildman–Crippen LogP) is 4.75. The van der Waals surface area contributed by atoms with Crippen LogP contribution in [0.2, 0.25) is 0 Å². The highest BCUT2D eigenvalue weighted by atomic mass is 32.1. The zero-order valence-corrected chi connectivity index (χ0v) is 14.7. The van der Waals surface area contributed by atoms with E-state index in [1.54, 1.807) is 11.3 Å². The van der Waals surface area contributed by atoms with Gasteiger partial charge in [-0.1, -0.05) is 64.7 Å². The molecule has 21 heavy (non-hydrogen) atoms. The smallest absolute Gasteiger partial charge is 0.0944 e. The lowest BCUT2D eigenvalue weighted by atomic mass is 10.0. The average molecular weight is 312 g/mol. The highest BCUT2D eigenvalue weighted by Crippen LogP contribution is 2.15. The quantitative estimate of drug-likeness (QED) is 0.314. The summed E-state index contributed by atoms with van der Waals surface area (Å²) in [6.07, 6.45) is 14.5. The fourth-order valence-corrected chi connectivity index (χ4v) is 3.51. The molecule has 1 aromatic rings. The molecule has 0 aliphatic carbocycles. The summed E-state index contributed by atoms with van der Waals surface area (Å²) in [4.78, 5) is 4.51. The summed E-state index contributed by atoms with van der Waals surface area (Å²) >= 11 is 1.74. The van der Waals surface area contributed by atoms with Crippen molar-refractivity contribution in [1.82, 2.24) is 10.4 Å². The number of aryl methyl sites for hydroxylation is 1. The van der Waals surface area contributed by atoms with Gasteiger partial charge in [-0.2, -0.15) is 0 Å². The van der Waals surface area contributed by atoms with Crippen LogP contribution in [-0.4, -0.2) is 11.0 Å². The van der Waals surface area contributed by atoms with E-state index in [-0.39, 0.29) is 0 Å². The van der Waals surface area contributed by atoms with Gasteiger partial charge in [0.05, 0.1) is 5.01 Å². The second-order valence-corrected chi connectivity index (χ2v) is 7.01. The van der Waals surface area contributed by atoms with E-state index in [4.69, 9.17) is 5.84 Å². The summed E-state index contributed by atoms with van der Waals surface area (Å²) in [6, 6.07) is 0.375. The highest BCUT2D eigenvalue weighted by Gasteiger charge is 2.09. The summed E-state index contributed by atoms with van der Waals surface area (Å²) in [6.45, 7) is 4.32. The van der Waals surface area contributed by atoms with E-state index in [2.05, 4.69) is 22.7 Å². The van der Waals surface area contributed by atoms with Gasteiger partial charge in [0.15, 0.2) is 0 Å². The van der Waals surface area contributed by atoms with E-state index in [1.807, 2.05) is 6.92 Å². The van der Waals surface area contributed by atoms with Crippen molar-refractivity contribution in [3.63, 3.8) is 0 Å². The molecule has 1 heterocycles. The Morgan fingerprint density at radius 2 is 1.71 bits per heavy atom. The molecular formula is C17H33N3S. The molecule has 0 bridgehead atoms. The number of nitrogens with two attached hydrogens (primary N) is 1. The fraction of sp³-hybridized carbons (Fsp3) is 0.824. The summed E-state index contributed by atoms with van der Waals surface area (Å²) in [5, 5.41) is 3.31. The van der Waals surface area contributed by atoms with Crippen molar-refractivity contribution in [2.24, 2.45) is 5.84 Å². The van der Waals surface area contributed by atoms with Gasteiger partial charge >= 0.3 is 0 Å². The van der Waals surface area contributed by atoms with Crippen molar-refractivity contribution in [3.05, 3.63) is 16.1 Å². The minimum absolute atomic E-state index is 0.375. The molecule has 4 heteroatoms. The van der Waals surface area contributed by atoms with Crippen LogP contribution in [0.25, 0.3) is 0 Å². The molecule has 0 saturated carbocycles. The lowest BCUT2D eigenvalue weighted by Gasteiger charge is -2.14. The Hall–Kier alpha value is -0.450. The van der Waals surface area contributed by atoms with Crippen LogP contribution < -0.4 is 11.3 Å². The Morgan fingerprint density at radius 3 is 2.24 bits per heavy atom. The van der Waals surface area contributed by atoms with Crippen molar-refractivity contribution in [2.45, 2.75) is 90.5 Å². The van der Waals surface area contributed by atoms with E-state index in [9.17, 15) is 0 Å². The van der Waals surface area contributed by atoms with Crippen molar-refractivity contribution in [1.29, 1.82) is 0 Å². The molecule has 1 aromatic heterocycles. The summed E-state index contributed by atoms with van der Waals surface area (Å²) in [5.74, 6) is 5.66. The molecule has 3 nitrogen and oxygen atoms in total. The zero-order valence-electron chi connectivity index (χ0n) is 13.9. The Bertz CT molecular complexity index is 352. The molecule has 0 aromatic carbocycles. The van der Waals surface area contributed by atoms with Crippen molar-refractivity contribution < 1.29 is 0 Å². The van der Waals surface area contributed by atoms with E-state index >= 15 is 0 Å². The van der Waals surface area contributed by atoms with Gasteiger partial charge in [-0.05, 0) is 13.3 Å². The van der Waals surface area contributed by atoms with Crippen molar-refractivity contribution >= 4 is 11.3 Å². The van der Waals surface area contributed by atoms with Gasteiger partial charge < -0.3 is 0 Å². The van der Waals surface area contributed by atoms with Crippen LogP contribution in [0, 0.1) is 6.92 Å². The van der Waals surface area contributed by atoms with Crippen molar-refractivity contribution in [3.8, 4) is 0 Å². The van der Waals surface area contributed by atoms with E-state index in [0.717, 1.165) is 18.5 Å². The maximum atomic E-state index is 5.66. The topological polar surface area (TPSA) is 50.9 Å². The monoisotopic (exact) mass is 311 g/mol. The number of thiazole rings is 1. The maximum Gasteiger partial charge on any atom is 0.0944 e. The molecule has 0 saturated heterocycles. The molecule has 0 fully saturated rings. The molecule has 0 aliphatic rings. The fourth-order valence-electron chi connectivity index (χ4n) is 2.65. The van der Waals surface area contributed by atoms with Crippen LogP contribution in [0.1, 0.15) is 81.8 Å². The van der Waals surface area contributed by atoms with Crippen LogP contribution in [-0.2, 0) is 6.42 Å². The van der Waals surface area contributed by atoms with E-state index < -0.39 is 0 Å². The lowest BCUT2D eigenvalue weighted by Crippen LogP contribution is -2.36. The summed E-state index contributed by atoms with van der Waals surface area (Å²) < 4.78 is 0. The molecule has 0 radical (unpaired) electrons. The molecule has 1 rings (SSSR count).